The fourth-order valence-electron chi connectivity index (χ4n) is 4.50. The molecule has 3 aliphatic rings. The minimum absolute atomic E-state index is 0.134. The van der Waals surface area contributed by atoms with E-state index < -0.39 is 11.3 Å². The largest absolute Gasteiger partial charge is 0.454 e. The Labute approximate surface area is 218 Å². The maximum absolute atomic E-state index is 13.6. The van der Waals surface area contributed by atoms with Gasteiger partial charge in [0.15, 0.2) is 16.7 Å². The summed E-state index contributed by atoms with van der Waals surface area (Å²) in [7, 11) is 0. The number of amidine groups is 2. The highest BCUT2D eigenvalue weighted by Gasteiger charge is 2.42. The number of carbonyl (C=O) groups is 2. The fraction of sp³-hybridized carbons (Fsp3) is 0.214. The Bertz CT molecular complexity index is 1440. The number of para-hydroxylation sites is 1. The van der Waals surface area contributed by atoms with Crippen molar-refractivity contribution in [2.24, 2.45) is 9.98 Å². The number of anilines is 1. The summed E-state index contributed by atoms with van der Waals surface area (Å²) in [6.45, 7) is 2.10. The molecule has 3 aromatic carbocycles. The van der Waals surface area contributed by atoms with Crippen LogP contribution in [0.5, 0.6) is 11.5 Å². The van der Waals surface area contributed by atoms with Crippen LogP contribution in [0.4, 0.5) is 11.4 Å². The van der Waals surface area contributed by atoms with Gasteiger partial charge in [0.1, 0.15) is 11.9 Å². The van der Waals surface area contributed by atoms with E-state index in [0.29, 0.717) is 41.0 Å². The summed E-state index contributed by atoms with van der Waals surface area (Å²) in [4.78, 5) is 38.0. The lowest BCUT2D eigenvalue weighted by Gasteiger charge is -2.27. The van der Waals surface area contributed by atoms with E-state index in [4.69, 9.17) is 19.5 Å². The van der Waals surface area contributed by atoms with Crippen LogP contribution in [0.1, 0.15) is 24.5 Å². The van der Waals surface area contributed by atoms with Crippen molar-refractivity contribution in [2.75, 3.05) is 12.1 Å². The number of carbonyl (C=O) groups excluding carboxylic acids is 2. The number of hydrogen-bond donors (Lipinski definition) is 1. The minimum Gasteiger partial charge on any atom is -0.454 e. The van der Waals surface area contributed by atoms with Crippen LogP contribution in [0, 0.1) is 0 Å². The summed E-state index contributed by atoms with van der Waals surface area (Å²) in [6, 6.07) is 22.2. The SMILES string of the molecule is CC[C@H](SC1=Nc2ccccc2C2=N[C@@H](Cc3ccccc3)C(=O)N12)C(=O)Nc1ccc2c(c1)OCO2. The minimum atomic E-state index is -0.545. The van der Waals surface area contributed by atoms with Crippen molar-refractivity contribution in [3.05, 3.63) is 83.9 Å². The molecule has 6 rings (SSSR count). The number of ether oxygens (including phenoxy) is 2. The van der Waals surface area contributed by atoms with Crippen LogP contribution in [-0.2, 0) is 16.0 Å². The molecule has 3 aromatic rings. The third-order valence-corrected chi connectivity index (χ3v) is 7.69. The molecule has 3 aliphatic heterocycles. The topological polar surface area (TPSA) is 92.6 Å². The molecule has 37 heavy (non-hydrogen) atoms. The number of benzene rings is 3. The van der Waals surface area contributed by atoms with Crippen LogP contribution in [0.2, 0.25) is 0 Å². The number of aliphatic imine (C=N–C) groups is 2. The maximum atomic E-state index is 13.6. The standard InChI is InChI=1S/C28H24N4O4S/c1-2-24(26(33)29-18-12-13-22-23(15-18)36-16-35-22)37-28-31-20-11-7-6-10-19(20)25-30-21(27(34)32(25)28)14-17-8-4-3-5-9-17/h3-13,15,21,24H,2,14,16H2,1H3,(H,29,33)/t21-,24-/m0/s1. The molecule has 2 amide bonds. The number of thioether (sulfide) groups is 1. The van der Waals surface area contributed by atoms with Crippen molar-refractivity contribution in [1.29, 1.82) is 0 Å². The molecular weight excluding hydrogens is 488 g/mol. The van der Waals surface area contributed by atoms with Gasteiger partial charge in [-0.15, -0.1) is 0 Å². The van der Waals surface area contributed by atoms with Gasteiger partial charge in [0.25, 0.3) is 5.91 Å². The molecule has 3 heterocycles. The monoisotopic (exact) mass is 512 g/mol. The Morgan fingerprint density at radius 2 is 1.86 bits per heavy atom. The number of nitrogens with zero attached hydrogens (tertiary/aromatic N) is 3. The Kier molecular flexibility index (Phi) is 6.13. The average Bonchev–Trinajstić information content (AvgIpc) is 3.52. The Hall–Kier alpha value is -4.11. The van der Waals surface area contributed by atoms with Gasteiger partial charge in [-0.2, -0.15) is 0 Å². The summed E-state index contributed by atoms with van der Waals surface area (Å²) in [5.41, 5.74) is 3.21. The first kappa shape index (κ1) is 23.3. The van der Waals surface area contributed by atoms with Crippen LogP contribution in [0.25, 0.3) is 0 Å². The number of amides is 2. The lowest BCUT2D eigenvalue weighted by Crippen LogP contribution is -2.42. The highest BCUT2D eigenvalue weighted by atomic mass is 32.2. The molecule has 8 nitrogen and oxygen atoms in total. The maximum Gasteiger partial charge on any atom is 0.259 e. The average molecular weight is 513 g/mol. The summed E-state index contributed by atoms with van der Waals surface area (Å²) in [6.07, 6.45) is 1.05. The highest BCUT2D eigenvalue weighted by molar-refractivity contribution is 8.15. The van der Waals surface area contributed by atoms with Gasteiger partial charge in [-0.05, 0) is 36.2 Å². The zero-order valence-corrected chi connectivity index (χ0v) is 20.9. The molecule has 0 aliphatic carbocycles. The quantitative estimate of drug-likeness (QED) is 0.514. The van der Waals surface area contributed by atoms with E-state index in [0.717, 1.165) is 16.8 Å². The van der Waals surface area contributed by atoms with Crippen molar-refractivity contribution in [3.63, 3.8) is 0 Å². The molecule has 0 fully saturated rings. The number of hydrogen-bond acceptors (Lipinski definition) is 7. The molecule has 9 heteroatoms. The molecule has 0 saturated carbocycles. The fourth-order valence-corrected chi connectivity index (χ4v) is 5.52. The van der Waals surface area contributed by atoms with Crippen LogP contribution in [0.3, 0.4) is 0 Å². The van der Waals surface area contributed by atoms with Gasteiger partial charge in [-0.1, -0.05) is 61.2 Å². The van der Waals surface area contributed by atoms with Gasteiger partial charge in [0, 0.05) is 23.7 Å². The lowest BCUT2D eigenvalue weighted by molar-refractivity contribution is -0.124. The summed E-state index contributed by atoms with van der Waals surface area (Å²) in [5, 5.41) is 2.95. The van der Waals surface area contributed by atoms with E-state index in [2.05, 4.69) is 5.32 Å². The Balaban J connectivity index is 1.26. The van der Waals surface area contributed by atoms with Crippen LogP contribution >= 0.6 is 11.8 Å². The highest BCUT2D eigenvalue weighted by Crippen LogP contribution is 2.37. The van der Waals surface area contributed by atoms with Gasteiger partial charge in [-0.3, -0.25) is 14.6 Å². The van der Waals surface area contributed by atoms with Gasteiger partial charge in [0.05, 0.1) is 10.9 Å². The number of rotatable bonds is 6. The van der Waals surface area contributed by atoms with Gasteiger partial charge < -0.3 is 14.8 Å². The van der Waals surface area contributed by atoms with E-state index in [1.807, 2.05) is 61.5 Å². The predicted molar refractivity (Wildman–Crippen MR) is 144 cm³/mol. The molecule has 0 unspecified atom stereocenters. The smallest absolute Gasteiger partial charge is 0.259 e. The molecule has 0 radical (unpaired) electrons. The van der Waals surface area contributed by atoms with Gasteiger partial charge in [0.2, 0.25) is 12.7 Å². The van der Waals surface area contributed by atoms with E-state index in [9.17, 15) is 9.59 Å². The first-order valence-electron chi connectivity index (χ1n) is 12.1. The molecule has 0 bridgehead atoms. The van der Waals surface area contributed by atoms with Crippen molar-refractivity contribution in [1.82, 2.24) is 4.90 Å². The second-order valence-corrected chi connectivity index (χ2v) is 9.99. The molecule has 0 saturated heterocycles. The van der Waals surface area contributed by atoms with E-state index in [1.165, 1.54) is 11.8 Å². The van der Waals surface area contributed by atoms with Crippen molar-refractivity contribution < 1.29 is 19.1 Å². The molecular formula is C28H24N4O4S. The zero-order chi connectivity index (χ0) is 25.4. The Morgan fingerprint density at radius 3 is 2.70 bits per heavy atom. The van der Waals surface area contributed by atoms with E-state index in [-0.39, 0.29) is 18.6 Å². The normalized spacial score (nSPS) is 18.0. The molecule has 0 aromatic heterocycles. The second-order valence-electron chi connectivity index (χ2n) is 8.82. The van der Waals surface area contributed by atoms with Gasteiger partial charge >= 0.3 is 0 Å². The molecule has 0 spiro atoms. The number of nitrogens with one attached hydrogen (secondary N) is 1. The van der Waals surface area contributed by atoms with Crippen LogP contribution in [-0.4, -0.2) is 45.8 Å². The first-order chi connectivity index (χ1) is 18.1. The third kappa shape index (κ3) is 4.46. The first-order valence-corrected chi connectivity index (χ1v) is 13.0. The van der Waals surface area contributed by atoms with Crippen molar-refractivity contribution in [3.8, 4) is 11.5 Å². The summed E-state index contributed by atoms with van der Waals surface area (Å²) < 4.78 is 10.8. The van der Waals surface area contributed by atoms with Crippen LogP contribution < -0.4 is 14.8 Å². The zero-order valence-electron chi connectivity index (χ0n) is 20.1. The Morgan fingerprint density at radius 1 is 1.08 bits per heavy atom. The van der Waals surface area contributed by atoms with E-state index >= 15 is 0 Å². The van der Waals surface area contributed by atoms with Crippen molar-refractivity contribution >= 4 is 46.0 Å². The summed E-state index contributed by atoms with van der Waals surface area (Å²) >= 11 is 1.28. The van der Waals surface area contributed by atoms with Crippen molar-refractivity contribution in [2.45, 2.75) is 31.1 Å². The van der Waals surface area contributed by atoms with Gasteiger partial charge in [-0.25, -0.2) is 9.89 Å². The molecule has 1 N–H and O–H groups in total. The predicted octanol–water partition coefficient (Wildman–Crippen LogP) is 4.77. The number of fused-ring (bicyclic) bond motifs is 4. The lowest BCUT2D eigenvalue weighted by atomic mass is 10.1. The van der Waals surface area contributed by atoms with Crippen LogP contribution in [0.15, 0.2) is 82.8 Å². The molecule has 2 atom stereocenters. The summed E-state index contributed by atoms with van der Waals surface area (Å²) in [5.74, 6) is 1.52. The second kappa shape index (κ2) is 9.74. The van der Waals surface area contributed by atoms with E-state index in [1.54, 1.807) is 23.1 Å². The molecule has 186 valence electrons. The third-order valence-electron chi connectivity index (χ3n) is 6.37.